The van der Waals surface area contributed by atoms with E-state index in [1.165, 1.54) is 0 Å². The summed E-state index contributed by atoms with van der Waals surface area (Å²) in [5, 5.41) is 0. The van der Waals surface area contributed by atoms with Crippen molar-refractivity contribution in [3.05, 3.63) is 70.2 Å². The molecular weight excluding hydrogens is 304 g/mol. The maximum absolute atomic E-state index is 12.1. The van der Waals surface area contributed by atoms with Gasteiger partial charge < -0.3 is 4.74 Å². The highest BCUT2D eigenvalue weighted by atomic mass is 79.9. The molecule has 0 heterocycles. The molecule has 0 fully saturated rings. The van der Waals surface area contributed by atoms with Gasteiger partial charge in [0, 0.05) is 4.47 Å². The Morgan fingerprint density at radius 2 is 1.74 bits per heavy atom. The molecule has 0 aliphatic carbocycles. The van der Waals surface area contributed by atoms with Crippen LogP contribution in [-0.4, -0.2) is 5.97 Å². The Bertz CT molecular complexity index is 534. The largest absolute Gasteiger partial charge is 0.454 e. The van der Waals surface area contributed by atoms with Gasteiger partial charge in [0.1, 0.15) is 6.10 Å². The molecule has 0 aliphatic heterocycles. The Labute approximate surface area is 121 Å². The summed E-state index contributed by atoms with van der Waals surface area (Å²) in [5.41, 5.74) is 1.59. The number of carbonyl (C=O) groups is 1. The molecule has 0 radical (unpaired) electrons. The highest BCUT2D eigenvalue weighted by Crippen LogP contribution is 2.22. The fraction of sp³-hybridized carbons (Fsp3) is 0.188. The minimum Gasteiger partial charge on any atom is -0.454 e. The van der Waals surface area contributed by atoms with Crippen LogP contribution in [0.3, 0.4) is 0 Å². The number of benzene rings is 2. The van der Waals surface area contributed by atoms with E-state index in [4.69, 9.17) is 4.74 Å². The van der Waals surface area contributed by atoms with Crippen LogP contribution < -0.4 is 0 Å². The Morgan fingerprint density at radius 1 is 1.11 bits per heavy atom. The lowest BCUT2D eigenvalue weighted by Crippen LogP contribution is -2.11. The first kappa shape index (κ1) is 13.8. The molecule has 19 heavy (non-hydrogen) atoms. The van der Waals surface area contributed by atoms with Crippen LogP contribution in [0.2, 0.25) is 0 Å². The standard InChI is InChI=1S/C16H15BrO2/c1-2-15(12-6-4-3-5-7-12)19-16(18)13-8-10-14(17)11-9-13/h3-11,15H,2H2,1H3. The van der Waals surface area contributed by atoms with E-state index in [1.54, 1.807) is 12.1 Å². The van der Waals surface area contributed by atoms with Gasteiger partial charge in [0.05, 0.1) is 5.56 Å². The van der Waals surface area contributed by atoms with E-state index in [9.17, 15) is 4.79 Å². The van der Waals surface area contributed by atoms with Crippen molar-refractivity contribution in [2.45, 2.75) is 19.4 Å². The van der Waals surface area contributed by atoms with Gasteiger partial charge in [0.2, 0.25) is 0 Å². The van der Waals surface area contributed by atoms with E-state index in [0.29, 0.717) is 5.56 Å². The van der Waals surface area contributed by atoms with Crippen LogP contribution in [0.15, 0.2) is 59.1 Å². The number of ether oxygens (including phenoxy) is 1. The summed E-state index contributed by atoms with van der Waals surface area (Å²) in [6.45, 7) is 2.01. The Kier molecular flexibility index (Phi) is 4.74. The minimum absolute atomic E-state index is 0.197. The fourth-order valence-electron chi connectivity index (χ4n) is 1.84. The van der Waals surface area contributed by atoms with Crippen LogP contribution in [0, 0.1) is 0 Å². The van der Waals surface area contributed by atoms with Crippen LogP contribution in [-0.2, 0) is 4.74 Å². The molecule has 0 saturated heterocycles. The summed E-state index contributed by atoms with van der Waals surface area (Å²) in [6, 6.07) is 17.0. The molecular formula is C16H15BrO2. The minimum atomic E-state index is -0.289. The smallest absolute Gasteiger partial charge is 0.338 e. The van der Waals surface area contributed by atoms with Crippen molar-refractivity contribution < 1.29 is 9.53 Å². The SMILES string of the molecule is CCC(OC(=O)c1ccc(Br)cc1)c1ccccc1. The predicted octanol–water partition coefficient (Wildman–Crippen LogP) is 4.76. The van der Waals surface area contributed by atoms with Gasteiger partial charge in [-0.05, 0) is 36.2 Å². The summed E-state index contributed by atoms with van der Waals surface area (Å²) in [5.74, 6) is -0.289. The topological polar surface area (TPSA) is 26.3 Å². The Hall–Kier alpha value is -1.61. The van der Waals surface area contributed by atoms with Crippen molar-refractivity contribution in [3.8, 4) is 0 Å². The van der Waals surface area contributed by atoms with Gasteiger partial charge in [-0.2, -0.15) is 0 Å². The molecule has 0 amide bonds. The molecule has 2 rings (SSSR count). The van der Waals surface area contributed by atoms with Gasteiger partial charge >= 0.3 is 5.97 Å². The lowest BCUT2D eigenvalue weighted by Gasteiger charge is -2.16. The van der Waals surface area contributed by atoms with E-state index in [2.05, 4.69) is 15.9 Å². The number of hydrogen-bond acceptors (Lipinski definition) is 2. The second-order valence-electron chi connectivity index (χ2n) is 4.22. The van der Waals surface area contributed by atoms with Gasteiger partial charge in [0.25, 0.3) is 0 Å². The van der Waals surface area contributed by atoms with Crippen LogP contribution in [0.4, 0.5) is 0 Å². The van der Waals surface area contributed by atoms with E-state index in [0.717, 1.165) is 16.5 Å². The van der Waals surface area contributed by atoms with E-state index < -0.39 is 0 Å². The number of carbonyl (C=O) groups excluding carboxylic acids is 1. The summed E-state index contributed by atoms with van der Waals surface area (Å²) in [7, 11) is 0. The van der Waals surface area contributed by atoms with E-state index in [-0.39, 0.29) is 12.1 Å². The molecule has 0 spiro atoms. The first-order valence-electron chi connectivity index (χ1n) is 6.22. The summed E-state index contributed by atoms with van der Waals surface area (Å²) in [4.78, 5) is 12.1. The molecule has 0 aromatic heterocycles. The van der Waals surface area contributed by atoms with Gasteiger partial charge in [-0.25, -0.2) is 4.79 Å². The van der Waals surface area contributed by atoms with Crippen LogP contribution in [0.5, 0.6) is 0 Å². The molecule has 0 bridgehead atoms. The number of esters is 1. The molecule has 1 unspecified atom stereocenters. The van der Waals surface area contributed by atoms with Crippen molar-refractivity contribution in [1.29, 1.82) is 0 Å². The molecule has 0 aliphatic rings. The summed E-state index contributed by atoms with van der Waals surface area (Å²) < 4.78 is 6.50. The maximum atomic E-state index is 12.1. The zero-order valence-corrected chi connectivity index (χ0v) is 12.3. The van der Waals surface area contributed by atoms with Crippen LogP contribution >= 0.6 is 15.9 Å². The highest BCUT2D eigenvalue weighted by molar-refractivity contribution is 9.10. The second-order valence-corrected chi connectivity index (χ2v) is 5.14. The first-order valence-corrected chi connectivity index (χ1v) is 7.01. The molecule has 2 aromatic carbocycles. The van der Waals surface area contributed by atoms with Gasteiger partial charge in [-0.1, -0.05) is 53.2 Å². The van der Waals surface area contributed by atoms with Crippen molar-refractivity contribution in [2.24, 2.45) is 0 Å². The fourth-order valence-corrected chi connectivity index (χ4v) is 2.10. The van der Waals surface area contributed by atoms with Crippen LogP contribution in [0.25, 0.3) is 0 Å². The Morgan fingerprint density at radius 3 is 2.32 bits per heavy atom. The molecule has 1 atom stereocenters. The molecule has 0 N–H and O–H groups in total. The molecule has 2 aromatic rings. The molecule has 0 saturated carbocycles. The zero-order chi connectivity index (χ0) is 13.7. The average Bonchev–Trinajstić information content (AvgIpc) is 2.46. The zero-order valence-electron chi connectivity index (χ0n) is 10.7. The van der Waals surface area contributed by atoms with Crippen molar-refractivity contribution in [3.63, 3.8) is 0 Å². The normalized spacial score (nSPS) is 11.9. The van der Waals surface area contributed by atoms with Crippen molar-refractivity contribution >= 4 is 21.9 Å². The average molecular weight is 319 g/mol. The third-order valence-electron chi connectivity index (χ3n) is 2.87. The van der Waals surface area contributed by atoms with Crippen LogP contribution in [0.1, 0.15) is 35.4 Å². The molecule has 3 heteroatoms. The number of rotatable bonds is 4. The number of halogens is 1. The lowest BCUT2D eigenvalue weighted by atomic mass is 10.1. The van der Waals surface area contributed by atoms with E-state index in [1.807, 2.05) is 49.4 Å². The van der Waals surface area contributed by atoms with Gasteiger partial charge in [0.15, 0.2) is 0 Å². The highest BCUT2D eigenvalue weighted by Gasteiger charge is 2.15. The first-order chi connectivity index (χ1) is 9.20. The van der Waals surface area contributed by atoms with Gasteiger partial charge in [-0.3, -0.25) is 0 Å². The maximum Gasteiger partial charge on any atom is 0.338 e. The molecule has 2 nitrogen and oxygen atoms in total. The van der Waals surface area contributed by atoms with Gasteiger partial charge in [-0.15, -0.1) is 0 Å². The van der Waals surface area contributed by atoms with E-state index >= 15 is 0 Å². The quantitative estimate of drug-likeness (QED) is 0.760. The lowest BCUT2D eigenvalue weighted by molar-refractivity contribution is 0.0288. The predicted molar refractivity (Wildman–Crippen MR) is 79.0 cm³/mol. The Balaban J connectivity index is 2.10. The third kappa shape index (κ3) is 3.67. The van der Waals surface area contributed by atoms with Crippen molar-refractivity contribution in [2.75, 3.05) is 0 Å². The summed E-state index contributed by atoms with van der Waals surface area (Å²) in [6.07, 6.45) is 0.559. The second kappa shape index (κ2) is 6.53. The number of hydrogen-bond donors (Lipinski definition) is 0. The monoisotopic (exact) mass is 318 g/mol. The van der Waals surface area contributed by atoms with Crippen molar-refractivity contribution in [1.82, 2.24) is 0 Å². The summed E-state index contributed by atoms with van der Waals surface area (Å²) >= 11 is 3.34. The molecule has 98 valence electrons. The third-order valence-corrected chi connectivity index (χ3v) is 3.40.